The molecule has 0 radical (unpaired) electrons. The molecule has 0 aromatic rings. The maximum atomic E-state index is 2.41. The molecule has 25 rings (SSSR count). The molecule has 0 nitrogen and oxygen atoms in total. The molecule has 0 spiro atoms. The van der Waals surface area contributed by atoms with Gasteiger partial charge in [0.25, 0.3) is 0 Å². The third kappa shape index (κ3) is 21.7. The van der Waals surface area contributed by atoms with Gasteiger partial charge in [0.1, 0.15) is 0 Å². The van der Waals surface area contributed by atoms with E-state index in [1.165, 1.54) is 195 Å². The van der Waals surface area contributed by atoms with Crippen LogP contribution in [0.25, 0.3) is 0 Å². The van der Waals surface area contributed by atoms with E-state index in [1.54, 1.807) is 199 Å². The van der Waals surface area contributed by atoms with E-state index in [-0.39, 0.29) is 0 Å². The van der Waals surface area contributed by atoms with Crippen molar-refractivity contribution in [2.75, 3.05) is 0 Å². The van der Waals surface area contributed by atoms with Crippen LogP contribution in [0.15, 0.2) is 60.8 Å². The number of rotatable bonds is 0. The fourth-order valence-corrected chi connectivity index (χ4v) is 22.7. The minimum atomic E-state index is 0.972. The van der Waals surface area contributed by atoms with Crippen molar-refractivity contribution in [3.63, 3.8) is 0 Å². The van der Waals surface area contributed by atoms with E-state index in [0.29, 0.717) is 0 Å². The Hall–Kier alpha value is -1.30. The van der Waals surface area contributed by atoms with Gasteiger partial charge in [0.2, 0.25) is 0 Å². The summed E-state index contributed by atoms with van der Waals surface area (Å²) in [5.41, 5.74) is 0. The van der Waals surface area contributed by atoms with E-state index in [1.807, 2.05) is 0 Å². The van der Waals surface area contributed by atoms with Crippen LogP contribution in [-0.2, 0) is 0 Å². The molecule has 4 atom stereocenters. The van der Waals surface area contributed by atoms with E-state index < -0.39 is 0 Å². The van der Waals surface area contributed by atoms with Gasteiger partial charge in [-0.15, -0.1) is 0 Å². The summed E-state index contributed by atoms with van der Waals surface area (Å²) in [6.07, 6.45) is 105. The molecule has 0 heteroatoms. The van der Waals surface area contributed by atoms with Crippen molar-refractivity contribution in [2.45, 2.75) is 347 Å². The van der Waals surface area contributed by atoms with Crippen LogP contribution >= 0.6 is 0 Å². The van der Waals surface area contributed by atoms with Gasteiger partial charge >= 0.3 is 0 Å². The topological polar surface area (TPSA) is 0 Å². The van der Waals surface area contributed by atoms with Crippen molar-refractivity contribution >= 4 is 0 Å². The van der Waals surface area contributed by atoms with Gasteiger partial charge in [-0.2, -0.15) is 0 Å². The SMILES string of the molecule is C1=CC2CCC1C2.C1=CC2CCC1CC2.C1=CC2CCC1CC2.C1=CCCC1.C1=CCCCC1.C1C2CC3CC1CC(C2)C3.C1CC2CCC(C1)C2.C1CC2CCC1C2.C1CC2CCC1CC2.C1CC2CCCC(C1)C2.C1CC2CCCC2C1. The Morgan fingerprint density at radius 3 is 0.536 bits per heavy atom. The Labute approximate surface area is 523 Å². The lowest BCUT2D eigenvalue weighted by molar-refractivity contribution is 0.0198. The highest BCUT2D eigenvalue weighted by Gasteiger charge is 2.42. The molecule has 0 aromatic heterocycles. The van der Waals surface area contributed by atoms with Crippen molar-refractivity contribution in [3.05, 3.63) is 60.8 Å². The molecule has 18 fully saturated rings. The van der Waals surface area contributed by atoms with Crippen molar-refractivity contribution < 1.29 is 0 Å². The Balaban J connectivity index is 0.0000000968. The highest BCUT2D eigenvalue weighted by atomic mass is 14.5. The van der Waals surface area contributed by atoms with Gasteiger partial charge in [0.15, 0.2) is 0 Å². The van der Waals surface area contributed by atoms with Crippen LogP contribution in [-0.4, -0.2) is 0 Å². The first-order chi connectivity index (χ1) is 41.5. The number of hydrogen-bond acceptors (Lipinski definition) is 0. The third-order valence-corrected chi connectivity index (χ3v) is 27.7. The van der Waals surface area contributed by atoms with Crippen LogP contribution in [0.1, 0.15) is 347 Å². The average Bonchev–Trinajstić information content (AvgIpc) is 4.56. The van der Waals surface area contributed by atoms with Crippen LogP contribution in [0.2, 0.25) is 0 Å². The molecule has 0 aliphatic heterocycles. The fourth-order valence-electron chi connectivity index (χ4n) is 22.7. The molecule has 18 bridgehead atoms. The number of allylic oxidation sites excluding steroid dienone is 10. The van der Waals surface area contributed by atoms with Gasteiger partial charge < -0.3 is 0 Å². The minimum absolute atomic E-state index is 0.972. The summed E-state index contributed by atoms with van der Waals surface area (Å²) < 4.78 is 0. The standard InChI is InChI=1S/C10H16.C9H16.2C8H14.2C8H12.C8H14.C7H12.C7H10.C6H10.C5H8/c1-7-2-9-4-8(1)5-10(3-7)6-9;1-3-8-5-2-6-9(4-1)7-8;1-3-7-5-2-6-8(7)4-1;3*1-2-8-5-3-7(1)4-6-8;1-2-7-4-5-8(3-1)6-7;2*1-2-7-4-3-6(1)5-7;1-2-4-6-5-3-1;1-2-4-5-3-1/h7-10H,1-6H2;8-9H,1-7H2;2*7-8H,1-6H2;2*1-2,7-8H,3-6H2;7-8H,1-6H2;6-7H,1-5H2;1-2,6-7H,3-5H2;1-2H,3-6H2;1-2H,3-5H2. The number of fused-ring (bicyclic) bond motifs is 16. The highest BCUT2D eigenvalue weighted by molar-refractivity contribution is 5.07. The molecular weight excluding hydrogens is 1010 g/mol. The average molecular weight is 1150 g/mol. The molecule has 0 saturated heterocycles. The molecule has 474 valence electrons. The molecule has 0 heterocycles. The van der Waals surface area contributed by atoms with Crippen LogP contribution in [0.4, 0.5) is 0 Å². The first kappa shape index (κ1) is 64.2. The summed E-state index contributed by atoms with van der Waals surface area (Å²) >= 11 is 0. The van der Waals surface area contributed by atoms with E-state index in [2.05, 4.69) is 60.8 Å². The van der Waals surface area contributed by atoms with Gasteiger partial charge in [-0.25, -0.2) is 0 Å². The van der Waals surface area contributed by atoms with Crippen LogP contribution in [0.5, 0.6) is 0 Å². The summed E-state index contributed by atoms with van der Waals surface area (Å²) in [4.78, 5) is 0. The lowest BCUT2D eigenvalue weighted by Gasteiger charge is -2.49. The van der Waals surface area contributed by atoms with Crippen molar-refractivity contribution in [1.82, 2.24) is 0 Å². The van der Waals surface area contributed by atoms with Crippen LogP contribution in [0, 0.1) is 118 Å². The van der Waals surface area contributed by atoms with Gasteiger partial charge in [-0.3, -0.25) is 0 Å². The lowest BCUT2D eigenvalue weighted by Crippen LogP contribution is -2.38. The van der Waals surface area contributed by atoms with Crippen molar-refractivity contribution in [2.24, 2.45) is 118 Å². The van der Waals surface area contributed by atoms with Crippen LogP contribution in [0.3, 0.4) is 0 Å². The van der Waals surface area contributed by atoms with E-state index >= 15 is 0 Å². The second-order valence-electron chi connectivity index (χ2n) is 34.1. The largest absolute Gasteiger partial charge is 0.0885 e. The molecule has 18 saturated carbocycles. The normalized spacial score (nSPS) is 43.0. The Bertz CT molecular complexity index is 1680. The molecule has 0 amide bonds. The van der Waals surface area contributed by atoms with Gasteiger partial charge in [0, 0.05) is 0 Å². The zero-order valence-electron chi connectivity index (χ0n) is 55.5. The predicted molar refractivity (Wildman–Crippen MR) is 365 cm³/mol. The third-order valence-electron chi connectivity index (χ3n) is 27.7. The first-order valence-electron chi connectivity index (χ1n) is 39.9. The molecule has 0 N–H and O–H groups in total. The zero-order chi connectivity index (χ0) is 56.8. The Morgan fingerprint density at radius 2 is 0.357 bits per heavy atom. The maximum absolute atomic E-state index is 2.41. The minimum Gasteiger partial charge on any atom is -0.0885 e. The van der Waals surface area contributed by atoms with Crippen molar-refractivity contribution in [1.29, 1.82) is 0 Å². The molecule has 4 unspecified atom stereocenters. The second-order valence-corrected chi connectivity index (χ2v) is 34.1. The van der Waals surface area contributed by atoms with Gasteiger partial charge in [0.05, 0.1) is 0 Å². The van der Waals surface area contributed by atoms with E-state index in [9.17, 15) is 0 Å². The summed E-state index contributed by atoms with van der Waals surface area (Å²) in [5, 5.41) is 0. The van der Waals surface area contributed by atoms with E-state index in [0.717, 1.165) is 71.0 Å². The molecule has 84 heavy (non-hydrogen) atoms. The van der Waals surface area contributed by atoms with E-state index in [4.69, 9.17) is 0 Å². The predicted octanol–water partition coefficient (Wildman–Crippen LogP) is 26.3. The van der Waals surface area contributed by atoms with Gasteiger partial charge in [-0.05, 0) is 292 Å². The lowest BCUT2D eigenvalue weighted by atomic mass is 9.56. The first-order valence-corrected chi connectivity index (χ1v) is 39.9. The molecule has 25 aliphatic carbocycles. The summed E-state index contributed by atoms with van der Waals surface area (Å²) in [5.74, 6) is 22.2. The second kappa shape index (κ2) is 35.3. The van der Waals surface area contributed by atoms with Crippen molar-refractivity contribution in [3.8, 4) is 0 Å². The highest BCUT2D eigenvalue weighted by Crippen LogP contribution is 2.54. The monoisotopic (exact) mass is 1150 g/mol. The zero-order valence-corrected chi connectivity index (χ0v) is 55.5. The summed E-state index contributed by atoms with van der Waals surface area (Å²) in [7, 11) is 0. The smallest absolute Gasteiger partial charge is 0.0228 e. The quantitative estimate of drug-likeness (QED) is 0.212. The van der Waals surface area contributed by atoms with Crippen LogP contribution < -0.4 is 0 Å². The number of hydrogen-bond donors (Lipinski definition) is 0. The molecular formula is C84H138. The summed E-state index contributed by atoms with van der Waals surface area (Å²) in [6.45, 7) is 0. The van der Waals surface area contributed by atoms with Gasteiger partial charge in [-0.1, -0.05) is 234 Å². The fraction of sp³-hybridized carbons (Fsp3) is 0.881. The molecule has 0 aromatic carbocycles. The summed E-state index contributed by atoms with van der Waals surface area (Å²) in [6, 6.07) is 0. The Kier molecular flexibility index (Phi) is 27.0. The maximum Gasteiger partial charge on any atom is -0.0228 e. The Morgan fingerprint density at radius 1 is 0.143 bits per heavy atom. The molecule has 25 aliphatic rings.